The molecule has 1 saturated carbocycles. The Balaban J connectivity index is 1.94. The topological polar surface area (TPSA) is 78.9 Å². The fraction of sp³-hybridized carbons (Fsp3) is 0.857. The van der Waals surface area contributed by atoms with Gasteiger partial charge in [0.2, 0.25) is 0 Å². The van der Waals surface area contributed by atoms with Crippen molar-refractivity contribution in [3.8, 4) is 0 Å². The Labute approximate surface area is 129 Å². The molecule has 3 atom stereocenters. The molecule has 0 bridgehead atoms. The van der Waals surface area contributed by atoms with Crippen LogP contribution >= 0.6 is 11.8 Å². The van der Waals surface area contributed by atoms with Gasteiger partial charge in [0.1, 0.15) is 6.04 Å². The Bertz CT molecular complexity index is 416. The zero-order valence-corrected chi connectivity index (χ0v) is 13.6. The van der Waals surface area contributed by atoms with Gasteiger partial charge in [-0.3, -0.25) is 0 Å². The number of rotatable bonds is 4. The lowest BCUT2D eigenvalue weighted by Gasteiger charge is -2.52. The highest BCUT2D eigenvalue weighted by atomic mass is 32.2. The smallest absolute Gasteiger partial charge is 0.327 e. The van der Waals surface area contributed by atoms with E-state index in [4.69, 9.17) is 4.74 Å². The average Bonchev–Trinajstić information content (AvgIpc) is 2.46. The maximum absolute atomic E-state index is 12.4. The van der Waals surface area contributed by atoms with E-state index in [1.807, 2.05) is 6.92 Å². The van der Waals surface area contributed by atoms with Gasteiger partial charge in [0, 0.05) is 36.1 Å². The molecule has 1 saturated heterocycles. The van der Waals surface area contributed by atoms with Crippen molar-refractivity contribution in [3.05, 3.63) is 0 Å². The Kier molecular flexibility index (Phi) is 5.03. The summed E-state index contributed by atoms with van der Waals surface area (Å²) in [5.41, 5.74) is -0.116. The summed E-state index contributed by atoms with van der Waals surface area (Å²) in [4.78, 5) is 25.1. The van der Waals surface area contributed by atoms with Crippen LogP contribution in [0.3, 0.4) is 0 Å². The van der Waals surface area contributed by atoms with Gasteiger partial charge in [-0.25, -0.2) is 9.59 Å². The molecule has 2 N–H and O–H groups in total. The molecule has 2 fully saturated rings. The number of carbonyl (C=O) groups excluding carboxylic acids is 1. The number of carbonyl (C=O) groups is 2. The maximum Gasteiger partial charge on any atom is 0.327 e. The van der Waals surface area contributed by atoms with Crippen molar-refractivity contribution >= 4 is 23.8 Å². The van der Waals surface area contributed by atoms with Crippen molar-refractivity contribution in [1.29, 1.82) is 0 Å². The zero-order chi connectivity index (χ0) is 15.6. The summed E-state index contributed by atoms with van der Waals surface area (Å²) in [5, 5.41) is 12.2. The molecule has 0 aromatic rings. The highest BCUT2D eigenvalue weighted by Crippen LogP contribution is 2.42. The summed E-state index contributed by atoms with van der Waals surface area (Å²) in [5.74, 6) is 0.308. The summed E-state index contributed by atoms with van der Waals surface area (Å²) >= 11 is 1.58. The number of aliphatic carboxylic acids is 1. The minimum Gasteiger partial charge on any atom is -0.480 e. The summed E-state index contributed by atoms with van der Waals surface area (Å²) in [6.07, 6.45) is 0.937. The third-order valence-corrected chi connectivity index (χ3v) is 5.54. The number of amides is 2. The molecule has 2 aliphatic rings. The second kappa shape index (κ2) is 6.44. The molecule has 0 aromatic carbocycles. The van der Waals surface area contributed by atoms with Crippen LogP contribution in [0.15, 0.2) is 0 Å². The first-order valence-corrected chi connectivity index (χ1v) is 8.52. The van der Waals surface area contributed by atoms with E-state index in [1.165, 1.54) is 4.90 Å². The molecule has 21 heavy (non-hydrogen) atoms. The molecule has 0 radical (unpaired) electrons. The first-order chi connectivity index (χ1) is 9.87. The van der Waals surface area contributed by atoms with E-state index < -0.39 is 12.0 Å². The molecule has 120 valence electrons. The fourth-order valence-corrected chi connectivity index (χ4v) is 3.94. The van der Waals surface area contributed by atoms with Gasteiger partial charge in [0.15, 0.2) is 0 Å². The molecule has 1 heterocycles. The highest BCUT2D eigenvalue weighted by molar-refractivity contribution is 7.99. The molecule has 0 spiro atoms. The minimum absolute atomic E-state index is 0.0329. The van der Waals surface area contributed by atoms with Gasteiger partial charge >= 0.3 is 12.0 Å². The van der Waals surface area contributed by atoms with Crippen molar-refractivity contribution in [2.45, 2.75) is 45.4 Å². The number of nitrogens with zero attached hydrogens (tertiary/aromatic N) is 1. The Morgan fingerprint density at radius 1 is 1.48 bits per heavy atom. The predicted molar refractivity (Wildman–Crippen MR) is 81.6 cm³/mol. The van der Waals surface area contributed by atoms with E-state index in [0.29, 0.717) is 18.9 Å². The SMILES string of the molecule is CCOC1CC(NC(=O)N2CCSCC2C(=O)O)C1(C)C. The van der Waals surface area contributed by atoms with Crippen LogP contribution in [-0.2, 0) is 9.53 Å². The van der Waals surface area contributed by atoms with Crippen LogP contribution in [0.5, 0.6) is 0 Å². The standard InChI is InChI=1S/C14H24N2O4S/c1-4-20-11-7-10(14(11,2)3)15-13(19)16-5-6-21-8-9(16)12(17)18/h9-11H,4-8H2,1-3H3,(H,15,19)(H,17,18). The monoisotopic (exact) mass is 316 g/mol. The normalized spacial score (nSPS) is 31.4. The minimum atomic E-state index is -0.933. The second-order valence-corrected chi connectivity index (χ2v) is 7.28. The van der Waals surface area contributed by atoms with Crippen molar-refractivity contribution in [1.82, 2.24) is 10.2 Å². The first kappa shape index (κ1) is 16.4. The van der Waals surface area contributed by atoms with Gasteiger partial charge in [-0.15, -0.1) is 0 Å². The van der Waals surface area contributed by atoms with Gasteiger partial charge in [-0.2, -0.15) is 11.8 Å². The lowest BCUT2D eigenvalue weighted by molar-refractivity contribution is -0.141. The molecule has 2 amide bonds. The molecule has 2 rings (SSSR count). The quantitative estimate of drug-likeness (QED) is 0.820. The fourth-order valence-electron chi connectivity index (χ4n) is 2.90. The molecule has 0 aromatic heterocycles. The molecule has 3 unspecified atom stereocenters. The van der Waals surface area contributed by atoms with Crippen LogP contribution in [0, 0.1) is 5.41 Å². The van der Waals surface area contributed by atoms with E-state index >= 15 is 0 Å². The summed E-state index contributed by atoms with van der Waals surface area (Å²) in [6, 6.07) is -0.962. The van der Waals surface area contributed by atoms with Crippen LogP contribution in [0.4, 0.5) is 4.79 Å². The van der Waals surface area contributed by atoms with E-state index in [0.717, 1.165) is 12.2 Å². The largest absolute Gasteiger partial charge is 0.480 e. The number of nitrogens with one attached hydrogen (secondary N) is 1. The number of hydrogen-bond acceptors (Lipinski definition) is 4. The van der Waals surface area contributed by atoms with Gasteiger partial charge in [0.05, 0.1) is 6.10 Å². The number of ether oxygens (including phenoxy) is 1. The van der Waals surface area contributed by atoms with E-state index in [9.17, 15) is 14.7 Å². The van der Waals surface area contributed by atoms with E-state index in [-0.39, 0.29) is 23.6 Å². The lowest BCUT2D eigenvalue weighted by Crippen LogP contribution is -2.65. The van der Waals surface area contributed by atoms with Crippen molar-refractivity contribution in [2.24, 2.45) is 5.41 Å². The van der Waals surface area contributed by atoms with E-state index in [2.05, 4.69) is 19.2 Å². The highest BCUT2D eigenvalue weighted by Gasteiger charge is 2.50. The van der Waals surface area contributed by atoms with Gasteiger partial charge in [-0.1, -0.05) is 13.8 Å². The van der Waals surface area contributed by atoms with Crippen molar-refractivity contribution in [3.63, 3.8) is 0 Å². The van der Waals surface area contributed by atoms with Crippen LogP contribution in [0.1, 0.15) is 27.2 Å². The maximum atomic E-state index is 12.4. The molecule has 7 heteroatoms. The number of carboxylic acid groups (broad SMARTS) is 1. The summed E-state index contributed by atoms with van der Waals surface area (Å²) < 4.78 is 5.65. The van der Waals surface area contributed by atoms with Gasteiger partial charge in [-0.05, 0) is 13.3 Å². The Hall–Kier alpha value is -0.950. The number of thioether (sulfide) groups is 1. The third-order valence-electron chi connectivity index (χ3n) is 4.52. The zero-order valence-electron chi connectivity index (χ0n) is 12.8. The van der Waals surface area contributed by atoms with E-state index in [1.54, 1.807) is 11.8 Å². The number of urea groups is 1. The Morgan fingerprint density at radius 3 is 2.76 bits per heavy atom. The second-order valence-electron chi connectivity index (χ2n) is 6.13. The van der Waals surface area contributed by atoms with Crippen LogP contribution in [0.2, 0.25) is 0 Å². The van der Waals surface area contributed by atoms with Crippen LogP contribution in [-0.4, -0.2) is 64.9 Å². The Morgan fingerprint density at radius 2 is 2.19 bits per heavy atom. The third kappa shape index (κ3) is 3.29. The number of hydrogen-bond donors (Lipinski definition) is 2. The summed E-state index contributed by atoms with van der Waals surface area (Å²) in [6.45, 7) is 7.25. The van der Waals surface area contributed by atoms with Crippen LogP contribution < -0.4 is 5.32 Å². The van der Waals surface area contributed by atoms with Gasteiger partial charge in [0.25, 0.3) is 0 Å². The average molecular weight is 316 g/mol. The lowest BCUT2D eigenvalue weighted by atomic mass is 9.64. The van der Waals surface area contributed by atoms with Crippen LogP contribution in [0.25, 0.3) is 0 Å². The number of carboxylic acids is 1. The molecule has 1 aliphatic carbocycles. The van der Waals surface area contributed by atoms with Crippen molar-refractivity contribution < 1.29 is 19.4 Å². The molecular formula is C14H24N2O4S. The summed E-state index contributed by atoms with van der Waals surface area (Å²) in [7, 11) is 0. The van der Waals surface area contributed by atoms with Crippen molar-refractivity contribution in [2.75, 3.05) is 24.7 Å². The molecule has 1 aliphatic heterocycles. The predicted octanol–water partition coefficient (Wildman–Crippen LogP) is 1.40. The van der Waals surface area contributed by atoms with Gasteiger partial charge < -0.3 is 20.1 Å². The first-order valence-electron chi connectivity index (χ1n) is 7.37. The molecular weight excluding hydrogens is 292 g/mol. The molecule has 6 nitrogen and oxygen atoms in total.